The largest absolute Gasteiger partial charge is 0.479 e. The standard InChI is InChI=1S/C11H12N2O3S/c1-11(16,10(14)15)7-13-5-4-12-9(13)8-3-2-6-17-8/h2-6,16H,7H2,1H3,(H,14,15). The molecule has 0 aliphatic carbocycles. The third-order valence-corrected chi connectivity index (χ3v) is 3.26. The van der Waals surface area contributed by atoms with E-state index < -0.39 is 11.6 Å². The van der Waals surface area contributed by atoms with Crippen LogP contribution in [-0.2, 0) is 11.3 Å². The molecule has 5 nitrogen and oxygen atoms in total. The number of rotatable bonds is 4. The van der Waals surface area contributed by atoms with Gasteiger partial charge in [0, 0.05) is 12.4 Å². The molecule has 0 saturated carbocycles. The van der Waals surface area contributed by atoms with Crippen molar-refractivity contribution in [1.82, 2.24) is 9.55 Å². The number of thiophene rings is 1. The van der Waals surface area contributed by atoms with Crippen molar-refractivity contribution in [2.45, 2.75) is 19.1 Å². The fourth-order valence-corrected chi connectivity index (χ4v) is 2.20. The monoisotopic (exact) mass is 252 g/mol. The lowest BCUT2D eigenvalue weighted by Gasteiger charge is -2.19. The highest BCUT2D eigenvalue weighted by Gasteiger charge is 2.31. The molecule has 0 aliphatic rings. The van der Waals surface area contributed by atoms with Gasteiger partial charge in [-0.3, -0.25) is 0 Å². The van der Waals surface area contributed by atoms with Crippen LogP contribution in [0, 0.1) is 0 Å². The molecular weight excluding hydrogens is 240 g/mol. The maximum atomic E-state index is 10.9. The van der Waals surface area contributed by atoms with E-state index >= 15 is 0 Å². The highest BCUT2D eigenvalue weighted by atomic mass is 32.1. The predicted octanol–water partition coefficient (Wildman–Crippen LogP) is 1.45. The molecule has 0 spiro atoms. The molecule has 1 atom stereocenters. The quantitative estimate of drug-likeness (QED) is 0.863. The summed E-state index contributed by atoms with van der Waals surface area (Å²) in [4.78, 5) is 16.0. The van der Waals surface area contributed by atoms with Gasteiger partial charge in [-0.1, -0.05) is 6.07 Å². The van der Waals surface area contributed by atoms with Crippen LogP contribution in [0.3, 0.4) is 0 Å². The summed E-state index contributed by atoms with van der Waals surface area (Å²) in [7, 11) is 0. The minimum Gasteiger partial charge on any atom is -0.479 e. The Balaban J connectivity index is 2.30. The lowest BCUT2D eigenvalue weighted by Crippen LogP contribution is -2.39. The van der Waals surface area contributed by atoms with Crippen molar-refractivity contribution in [1.29, 1.82) is 0 Å². The number of carboxylic acids is 1. The van der Waals surface area contributed by atoms with Crippen LogP contribution in [0.15, 0.2) is 29.9 Å². The maximum Gasteiger partial charge on any atom is 0.337 e. The minimum absolute atomic E-state index is 0.0322. The highest BCUT2D eigenvalue weighted by Crippen LogP contribution is 2.24. The number of aliphatic carboxylic acids is 1. The number of nitrogens with zero attached hydrogens (tertiary/aromatic N) is 2. The van der Waals surface area contributed by atoms with Gasteiger partial charge in [0.15, 0.2) is 5.60 Å². The zero-order chi connectivity index (χ0) is 12.5. The Bertz CT molecular complexity index is 517. The second-order valence-corrected chi connectivity index (χ2v) is 4.88. The van der Waals surface area contributed by atoms with E-state index in [1.54, 1.807) is 17.0 Å². The molecule has 2 aromatic heterocycles. The molecule has 0 radical (unpaired) electrons. The van der Waals surface area contributed by atoms with Crippen molar-refractivity contribution in [2.75, 3.05) is 0 Å². The van der Waals surface area contributed by atoms with Crippen LogP contribution in [0.1, 0.15) is 6.92 Å². The van der Waals surface area contributed by atoms with Crippen molar-refractivity contribution < 1.29 is 15.0 Å². The molecule has 0 aromatic carbocycles. The lowest BCUT2D eigenvalue weighted by molar-refractivity contribution is -0.157. The fourth-order valence-electron chi connectivity index (χ4n) is 1.47. The van der Waals surface area contributed by atoms with Crippen molar-refractivity contribution in [2.24, 2.45) is 0 Å². The van der Waals surface area contributed by atoms with E-state index in [4.69, 9.17) is 5.11 Å². The van der Waals surface area contributed by atoms with E-state index in [-0.39, 0.29) is 6.54 Å². The number of carboxylic acid groups (broad SMARTS) is 1. The van der Waals surface area contributed by atoms with Crippen LogP contribution in [0.25, 0.3) is 10.7 Å². The predicted molar refractivity (Wildman–Crippen MR) is 63.8 cm³/mol. The summed E-state index contributed by atoms with van der Waals surface area (Å²) in [5.74, 6) is -0.579. The normalized spacial score (nSPS) is 14.5. The van der Waals surface area contributed by atoms with E-state index in [1.165, 1.54) is 18.3 Å². The number of carbonyl (C=O) groups is 1. The van der Waals surface area contributed by atoms with Gasteiger partial charge in [0.05, 0.1) is 11.4 Å². The first-order chi connectivity index (χ1) is 8.00. The van der Waals surface area contributed by atoms with Crippen LogP contribution in [-0.4, -0.2) is 31.3 Å². The van der Waals surface area contributed by atoms with Gasteiger partial charge < -0.3 is 14.8 Å². The molecular formula is C11H12N2O3S. The van der Waals surface area contributed by atoms with Gasteiger partial charge in [-0.05, 0) is 18.4 Å². The molecule has 2 N–H and O–H groups in total. The zero-order valence-electron chi connectivity index (χ0n) is 9.20. The smallest absolute Gasteiger partial charge is 0.337 e. The average molecular weight is 252 g/mol. The van der Waals surface area contributed by atoms with Crippen LogP contribution >= 0.6 is 11.3 Å². The maximum absolute atomic E-state index is 10.9. The molecule has 0 amide bonds. The fraction of sp³-hybridized carbons (Fsp3) is 0.273. The van der Waals surface area contributed by atoms with Gasteiger partial charge in [0.2, 0.25) is 0 Å². The Hall–Kier alpha value is -1.66. The van der Waals surface area contributed by atoms with Gasteiger partial charge in [0.1, 0.15) is 5.82 Å². The van der Waals surface area contributed by atoms with Crippen molar-refractivity contribution in [3.8, 4) is 10.7 Å². The van der Waals surface area contributed by atoms with E-state index in [9.17, 15) is 9.90 Å². The second kappa shape index (κ2) is 4.31. The topological polar surface area (TPSA) is 75.3 Å². The van der Waals surface area contributed by atoms with E-state index in [1.807, 2.05) is 17.5 Å². The molecule has 2 rings (SSSR count). The Morgan fingerprint density at radius 2 is 2.41 bits per heavy atom. The highest BCUT2D eigenvalue weighted by molar-refractivity contribution is 7.13. The SMILES string of the molecule is CC(O)(Cn1ccnc1-c1cccs1)C(=O)O. The van der Waals surface area contributed by atoms with Crippen molar-refractivity contribution in [3.63, 3.8) is 0 Å². The molecule has 0 saturated heterocycles. The Morgan fingerprint density at radius 3 is 3.00 bits per heavy atom. The Kier molecular flexibility index (Phi) is 2.99. The first kappa shape index (κ1) is 11.8. The van der Waals surface area contributed by atoms with E-state index in [2.05, 4.69) is 4.98 Å². The van der Waals surface area contributed by atoms with Crippen molar-refractivity contribution in [3.05, 3.63) is 29.9 Å². The molecule has 2 heterocycles. The first-order valence-corrected chi connectivity index (χ1v) is 5.89. The summed E-state index contributed by atoms with van der Waals surface area (Å²) in [6.07, 6.45) is 3.25. The van der Waals surface area contributed by atoms with Gasteiger partial charge in [-0.2, -0.15) is 0 Å². The third kappa shape index (κ3) is 2.37. The van der Waals surface area contributed by atoms with Gasteiger partial charge in [-0.15, -0.1) is 11.3 Å². The summed E-state index contributed by atoms with van der Waals surface area (Å²) in [5.41, 5.74) is -1.80. The van der Waals surface area contributed by atoms with E-state index in [0.29, 0.717) is 5.82 Å². The Morgan fingerprint density at radius 1 is 1.65 bits per heavy atom. The van der Waals surface area contributed by atoms with Crippen molar-refractivity contribution >= 4 is 17.3 Å². The molecule has 6 heteroatoms. The van der Waals surface area contributed by atoms with Gasteiger partial charge >= 0.3 is 5.97 Å². The number of imidazole rings is 1. The van der Waals surface area contributed by atoms with Crippen LogP contribution < -0.4 is 0 Å². The summed E-state index contributed by atoms with van der Waals surface area (Å²) in [6, 6.07) is 3.80. The third-order valence-electron chi connectivity index (χ3n) is 2.40. The number of aromatic nitrogens is 2. The van der Waals surface area contributed by atoms with E-state index in [0.717, 1.165) is 4.88 Å². The van der Waals surface area contributed by atoms with Crippen LogP contribution in [0.5, 0.6) is 0 Å². The summed E-state index contributed by atoms with van der Waals surface area (Å²) in [6.45, 7) is 1.24. The molecule has 2 aromatic rings. The molecule has 90 valence electrons. The molecule has 17 heavy (non-hydrogen) atoms. The van der Waals surface area contributed by atoms with Crippen LogP contribution in [0.2, 0.25) is 0 Å². The zero-order valence-corrected chi connectivity index (χ0v) is 10.0. The minimum atomic E-state index is -1.80. The first-order valence-electron chi connectivity index (χ1n) is 5.01. The average Bonchev–Trinajstić information content (AvgIpc) is 2.85. The Labute approximate surface area is 102 Å². The van der Waals surface area contributed by atoms with Crippen LogP contribution in [0.4, 0.5) is 0 Å². The number of hydrogen-bond acceptors (Lipinski definition) is 4. The van der Waals surface area contributed by atoms with Gasteiger partial charge in [0.25, 0.3) is 0 Å². The molecule has 0 fully saturated rings. The molecule has 1 unspecified atom stereocenters. The number of aliphatic hydroxyl groups is 1. The van der Waals surface area contributed by atoms with Gasteiger partial charge in [-0.25, -0.2) is 9.78 Å². The summed E-state index contributed by atoms with van der Waals surface area (Å²) < 4.78 is 1.64. The second-order valence-electron chi connectivity index (χ2n) is 3.94. The number of hydrogen-bond donors (Lipinski definition) is 2. The molecule has 0 aliphatic heterocycles. The summed E-state index contributed by atoms with van der Waals surface area (Å²) in [5, 5.41) is 20.5. The lowest BCUT2D eigenvalue weighted by atomic mass is 10.1. The summed E-state index contributed by atoms with van der Waals surface area (Å²) >= 11 is 1.52. The molecule has 0 bridgehead atoms.